The highest BCUT2D eigenvalue weighted by atomic mass is 19.1. The van der Waals surface area contributed by atoms with Gasteiger partial charge in [0.25, 0.3) is 0 Å². The van der Waals surface area contributed by atoms with E-state index in [0.29, 0.717) is 5.69 Å². The second kappa shape index (κ2) is 6.14. The van der Waals surface area contributed by atoms with Crippen LogP contribution in [0.15, 0.2) is 42.5 Å². The van der Waals surface area contributed by atoms with Gasteiger partial charge in [0.15, 0.2) is 0 Å². The zero-order chi connectivity index (χ0) is 14.5. The average Bonchev–Trinajstić information content (AvgIpc) is 2.38. The Morgan fingerprint density at radius 1 is 1.00 bits per heavy atom. The highest BCUT2D eigenvalue weighted by Gasteiger charge is 2.04. The van der Waals surface area contributed by atoms with Crippen molar-refractivity contribution in [3.05, 3.63) is 59.7 Å². The molecule has 0 aromatic heterocycles. The van der Waals surface area contributed by atoms with Gasteiger partial charge in [0.05, 0.1) is 6.54 Å². The first-order valence-corrected chi connectivity index (χ1v) is 6.09. The highest BCUT2D eigenvalue weighted by molar-refractivity contribution is 5.93. The standard InChI is InChI=1S/C15H14F2N2O/c1-10-2-4-13(5-3-10)19-15(20)9-18-14-7-11(16)6-12(17)8-14/h2-8,18H,9H2,1H3,(H,19,20). The molecule has 0 saturated heterocycles. The van der Waals surface area contributed by atoms with E-state index in [9.17, 15) is 13.6 Å². The Kier molecular flexibility index (Phi) is 4.30. The van der Waals surface area contributed by atoms with Crippen LogP contribution in [0.4, 0.5) is 20.2 Å². The molecular formula is C15H14F2N2O. The normalized spacial score (nSPS) is 10.2. The van der Waals surface area contributed by atoms with Crippen LogP contribution in [0.5, 0.6) is 0 Å². The number of benzene rings is 2. The number of carbonyl (C=O) groups excluding carboxylic acids is 1. The Morgan fingerprint density at radius 2 is 1.60 bits per heavy atom. The minimum absolute atomic E-state index is 0.0726. The molecule has 0 aliphatic heterocycles. The van der Waals surface area contributed by atoms with E-state index in [-0.39, 0.29) is 18.1 Å². The molecule has 2 aromatic rings. The number of anilines is 2. The summed E-state index contributed by atoms with van der Waals surface area (Å²) in [6.45, 7) is 1.88. The minimum Gasteiger partial charge on any atom is -0.376 e. The van der Waals surface area contributed by atoms with Crippen molar-refractivity contribution in [2.75, 3.05) is 17.2 Å². The number of hydrogen-bond donors (Lipinski definition) is 2. The summed E-state index contributed by atoms with van der Waals surface area (Å²) < 4.78 is 25.9. The molecule has 0 saturated carbocycles. The van der Waals surface area contributed by atoms with Crippen molar-refractivity contribution >= 4 is 17.3 Å². The molecule has 1 amide bonds. The smallest absolute Gasteiger partial charge is 0.243 e. The molecule has 5 heteroatoms. The quantitative estimate of drug-likeness (QED) is 0.899. The summed E-state index contributed by atoms with van der Waals surface area (Å²) in [4.78, 5) is 11.7. The summed E-state index contributed by atoms with van der Waals surface area (Å²) in [5.41, 5.74) is 1.99. The fourth-order valence-corrected chi connectivity index (χ4v) is 1.68. The lowest BCUT2D eigenvalue weighted by Crippen LogP contribution is -2.21. The summed E-state index contributed by atoms with van der Waals surface area (Å²) in [5, 5.41) is 5.35. The number of rotatable bonds is 4. The molecule has 0 fully saturated rings. The minimum atomic E-state index is -0.688. The van der Waals surface area contributed by atoms with Crippen molar-refractivity contribution in [1.82, 2.24) is 0 Å². The van der Waals surface area contributed by atoms with Crippen molar-refractivity contribution in [3.63, 3.8) is 0 Å². The predicted octanol–water partition coefficient (Wildman–Crippen LogP) is 3.32. The van der Waals surface area contributed by atoms with E-state index in [1.807, 2.05) is 19.1 Å². The fourth-order valence-electron chi connectivity index (χ4n) is 1.68. The van der Waals surface area contributed by atoms with Crippen molar-refractivity contribution < 1.29 is 13.6 Å². The fraction of sp³-hybridized carbons (Fsp3) is 0.133. The van der Waals surface area contributed by atoms with E-state index in [1.54, 1.807) is 12.1 Å². The van der Waals surface area contributed by atoms with E-state index in [0.717, 1.165) is 23.8 Å². The molecule has 0 aliphatic rings. The van der Waals surface area contributed by atoms with Crippen molar-refractivity contribution in [2.45, 2.75) is 6.92 Å². The zero-order valence-electron chi connectivity index (χ0n) is 10.9. The van der Waals surface area contributed by atoms with Crippen molar-refractivity contribution in [1.29, 1.82) is 0 Å². The molecule has 0 spiro atoms. The topological polar surface area (TPSA) is 41.1 Å². The lowest BCUT2D eigenvalue weighted by Gasteiger charge is -2.08. The van der Waals surface area contributed by atoms with Gasteiger partial charge in [0, 0.05) is 17.4 Å². The van der Waals surface area contributed by atoms with Gasteiger partial charge in [-0.25, -0.2) is 8.78 Å². The molecular weight excluding hydrogens is 262 g/mol. The lowest BCUT2D eigenvalue weighted by molar-refractivity contribution is -0.114. The van der Waals surface area contributed by atoms with E-state index >= 15 is 0 Å². The van der Waals surface area contributed by atoms with Crippen LogP contribution < -0.4 is 10.6 Å². The Bertz CT molecular complexity index is 592. The maximum atomic E-state index is 13.0. The van der Waals surface area contributed by atoms with Crippen LogP contribution in [0, 0.1) is 18.6 Å². The monoisotopic (exact) mass is 276 g/mol. The molecule has 2 N–H and O–H groups in total. The highest BCUT2D eigenvalue weighted by Crippen LogP contribution is 2.13. The van der Waals surface area contributed by atoms with Crippen molar-refractivity contribution in [2.24, 2.45) is 0 Å². The first-order valence-electron chi connectivity index (χ1n) is 6.09. The first kappa shape index (κ1) is 14.0. The largest absolute Gasteiger partial charge is 0.376 e. The van der Waals surface area contributed by atoms with Crippen LogP contribution in [0.3, 0.4) is 0 Å². The van der Waals surface area contributed by atoms with Gasteiger partial charge in [-0.15, -0.1) is 0 Å². The summed E-state index contributed by atoms with van der Waals surface area (Å²) in [5.74, 6) is -1.67. The number of halogens is 2. The van der Waals surface area contributed by atoms with Crippen LogP contribution in [-0.4, -0.2) is 12.5 Å². The zero-order valence-corrected chi connectivity index (χ0v) is 10.9. The van der Waals surface area contributed by atoms with Gasteiger partial charge >= 0.3 is 0 Å². The molecule has 2 aromatic carbocycles. The third kappa shape index (κ3) is 4.05. The average molecular weight is 276 g/mol. The molecule has 20 heavy (non-hydrogen) atoms. The second-order valence-corrected chi connectivity index (χ2v) is 4.43. The number of amides is 1. The second-order valence-electron chi connectivity index (χ2n) is 4.43. The van der Waals surface area contributed by atoms with Crippen LogP contribution >= 0.6 is 0 Å². The Labute approximate surface area is 115 Å². The van der Waals surface area contributed by atoms with Crippen molar-refractivity contribution in [3.8, 4) is 0 Å². The Balaban J connectivity index is 1.90. The van der Waals surface area contributed by atoms with Crippen LogP contribution in [0.1, 0.15) is 5.56 Å². The van der Waals surface area contributed by atoms with Crippen LogP contribution in [-0.2, 0) is 4.79 Å². The van der Waals surface area contributed by atoms with Gasteiger partial charge < -0.3 is 10.6 Å². The lowest BCUT2D eigenvalue weighted by atomic mass is 10.2. The maximum absolute atomic E-state index is 13.0. The molecule has 2 rings (SSSR count). The van der Waals surface area contributed by atoms with Gasteiger partial charge in [-0.05, 0) is 31.2 Å². The van der Waals surface area contributed by atoms with Gasteiger partial charge in [-0.1, -0.05) is 17.7 Å². The van der Waals surface area contributed by atoms with Gasteiger partial charge in [0.2, 0.25) is 5.91 Å². The SMILES string of the molecule is Cc1ccc(NC(=O)CNc2cc(F)cc(F)c2)cc1. The van der Waals surface area contributed by atoms with Crippen LogP contribution in [0.25, 0.3) is 0 Å². The molecule has 0 unspecified atom stereocenters. The van der Waals surface area contributed by atoms with Gasteiger partial charge in [0.1, 0.15) is 11.6 Å². The number of nitrogens with one attached hydrogen (secondary N) is 2. The first-order chi connectivity index (χ1) is 9.52. The Morgan fingerprint density at radius 3 is 2.20 bits per heavy atom. The van der Waals surface area contributed by atoms with Gasteiger partial charge in [-0.3, -0.25) is 4.79 Å². The summed E-state index contributed by atoms with van der Waals surface area (Å²) in [7, 11) is 0. The third-order valence-corrected chi connectivity index (χ3v) is 2.65. The molecule has 0 radical (unpaired) electrons. The molecule has 104 valence electrons. The Hall–Kier alpha value is -2.43. The number of hydrogen-bond acceptors (Lipinski definition) is 2. The molecule has 0 heterocycles. The number of aryl methyl sites for hydroxylation is 1. The van der Waals surface area contributed by atoms with E-state index in [1.165, 1.54) is 0 Å². The molecule has 0 atom stereocenters. The number of carbonyl (C=O) groups is 1. The predicted molar refractivity (Wildman–Crippen MR) is 74.7 cm³/mol. The van der Waals surface area contributed by atoms with Gasteiger partial charge in [-0.2, -0.15) is 0 Å². The molecule has 3 nitrogen and oxygen atoms in total. The summed E-state index contributed by atoms with van der Waals surface area (Å²) in [6.07, 6.45) is 0. The van der Waals surface area contributed by atoms with Crippen LogP contribution in [0.2, 0.25) is 0 Å². The third-order valence-electron chi connectivity index (χ3n) is 2.65. The molecule has 0 bridgehead atoms. The van der Waals surface area contributed by atoms with E-state index < -0.39 is 11.6 Å². The summed E-state index contributed by atoms with van der Waals surface area (Å²) >= 11 is 0. The van der Waals surface area contributed by atoms with E-state index in [2.05, 4.69) is 10.6 Å². The maximum Gasteiger partial charge on any atom is 0.243 e. The summed E-state index contributed by atoms with van der Waals surface area (Å²) in [6, 6.07) is 10.4. The van der Waals surface area contributed by atoms with E-state index in [4.69, 9.17) is 0 Å². The molecule has 0 aliphatic carbocycles.